The van der Waals surface area contributed by atoms with E-state index in [1.165, 1.54) is 7.11 Å². The van der Waals surface area contributed by atoms with E-state index in [-0.39, 0.29) is 4.91 Å². The van der Waals surface area contributed by atoms with Crippen molar-refractivity contribution in [3.8, 4) is 16.9 Å². The first kappa shape index (κ1) is 19.4. The van der Waals surface area contributed by atoms with Gasteiger partial charge in [-0.05, 0) is 40.6 Å². The molecule has 1 heterocycles. The first-order valence-electron chi connectivity index (χ1n) is 8.23. The lowest BCUT2D eigenvalue weighted by molar-refractivity contribution is -0.135. The van der Waals surface area contributed by atoms with Gasteiger partial charge in [0.15, 0.2) is 5.17 Å². The number of thioether (sulfide) groups is 1. The third-order valence-corrected chi connectivity index (χ3v) is 4.67. The third kappa shape index (κ3) is 4.86. The molecule has 28 heavy (non-hydrogen) atoms. The molecule has 0 spiro atoms. The molecule has 0 radical (unpaired) electrons. The van der Waals surface area contributed by atoms with Crippen LogP contribution < -0.4 is 10.1 Å². The minimum absolute atomic E-state index is 0.212. The fourth-order valence-electron chi connectivity index (χ4n) is 2.35. The summed E-state index contributed by atoms with van der Waals surface area (Å²) in [5.74, 6) is -0.207. The number of benzene rings is 2. The molecule has 3 rings (SSSR count). The summed E-state index contributed by atoms with van der Waals surface area (Å²) < 4.78 is 9.75. The average molecular weight is 395 g/mol. The monoisotopic (exact) mass is 395 g/mol. The number of carbonyl (C=O) groups is 2. The molecule has 0 saturated carbocycles. The minimum atomic E-state index is -0.599. The van der Waals surface area contributed by atoms with Gasteiger partial charge in [0.25, 0.3) is 5.91 Å². The van der Waals surface area contributed by atoms with Gasteiger partial charge >= 0.3 is 5.97 Å². The topological polar surface area (TPSA) is 89.3 Å². The van der Waals surface area contributed by atoms with Gasteiger partial charge in [-0.1, -0.05) is 36.4 Å². The molecule has 1 aliphatic rings. The summed E-state index contributed by atoms with van der Waals surface area (Å²) >= 11 is 1.02. The van der Waals surface area contributed by atoms with Gasteiger partial charge in [-0.3, -0.25) is 10.1 Å². The molecule has 1 fully saturated rings. The molecule has 7 nitrogen and oxygen atoms in total. The average Bonchev–Trinajstić information content (AvgIpc) is 3.07. The molecule has 1 aliphatic heterocycles. The van der Waals surface area contributed by atoms with E-state index in [4.69, 9.17) is 4.74 Å². The Morgan fingerprint density at radius 2 is 1.89 bits per heavy atom. The Morgan fingerprint density at radius 1 is 1.11 bits per heavy atom. The van der Waals surface area contributed by atoms with E-state index < -0.39 is 11.9 Å². The Morgan fingerprint density at radius 3 is 2.61 bits per heavy atom. The highest BCUT2D eigenvalue weighted by Gasteiger charge is 2.24. The van der Waals surface area contributed by atoms with Crippen LogP contribution in [0.3, 0.4) is 0 Å². The highest BCUT2D eigenvalue weighted by Crippen LogP contribution is 2.24. The van der Waals surface area contributed by atoms with Crippen LogP contribution in [0.15, 0.2) is 69.7 Å². The zero-order valence-electron chi connectivity index (χ0n) is 15.2. The maximum Gasteiger partial charge on any atom is 0.331 e. The maximum atomic E-state index is 11.7. The number of hydrogen-bond acceptors (Lipinski definition) is 7. The molecule has 1 saturated heterocycles. The van der Waals surface area contributed by atoms with E-state index >= 15 is 0 Å². The molecule has 1 N–H and O–H groups in total. The van der Waals surface area contributed by atoms with Crippen LogP contribution in [0.4, 0.5) is 0 Å². The Balaban J connectivity index is 1.66. The molecular weight excluding hydrogens is 378 g/mol. The number of nitrogens with zero attached hydrogens (tertiary/aromatic N) is 2. The van der Waals surface area contributed by atoms with Crippen LogP contribution in [-0.2, 0) is 14.3 Å². The van der Waals surface area contributed by atoms with E-state index in [0.717, 1.165) is 40.3 Å². The van der Waals surface area contributed by atoms with Crippen LogP contribution in [0.1, 0.15) is 5.56 Å². The first-order valence-corrected chi connectivity index (χ1v) is 9.05. The lowest BCUT2D eigenvalue weighted by atomic mass is 10.0. The van der Waals surface area contributed by atoms with Crippen LogP contribution in [0.25, 0.3) is 11.1 Å². The fourth-order valence-corrected chi connectivity index (χ4v) is 3.09. The minimum Gasteiger partial charge on any atom is -0.497 e. The molecule has 0 unspecified atom stereocenters. The van der Waals surface area contributed by atoms with Gasteiger partial charge in [0.2, 0.25) is 0 Å². The Kier molecular flexibility index (Phi) is 6.23. The van der Waals surface area contributed by atoms with Crippen molar-refractivity contribution in [2.45, 2.75) is 0 Å². The zero-order valence-corrected chi connectivity index (χ0v) is 16.0. The number of ether oxygens (including phenoxy) is 2. The van der Waals surface area contributed by atoms with Crippen molar-refractivity contribution in [3.05, 3.63) is 65.1 Å². The van der Waals surface area contributed by atoms with Gasteiger partial charge in [-0.25, -0.2) is 4.79 Å². The van der Waals surface area contributed by atoms with E-state index in [2.05, 4.69) is 20.3 Å². The van der Waals surface area contributed by atoms with Crippen LogP contribution in [0, 0.1) is 0 Å². The predicted molar refractivity (Wildman–Crippen MR) is 109 cm³/mol. The van der Waals surface area contributed by atoms with Gasteiger partial charge < -0.3 is 9.47 Å². The smallest absolute Gasteiger partial charge is 0.331 e. The Bertz CT molecular complexity index is 981. The lowest BCUT2D eigenvalue weighted by Gasteiger charge is -2.05. The van der Waals surface area contributed by atoms with Crippen molar-refractivity contribution in [3.63, 3.8) is 0 Å². The summed E-state index contributed by atoms with van der Waals surface area (Å²) in [4.78, 5) is 23.2. The number of hydrogen-bond donors (Lipinski definition) is 1. The second-order valence-electron chi connectivity index (χ2n) is 5.59. The summed E-state index contributed by atoms with van der Waals surface area (Å²) in [7, 11) is 2.88. The summed E-state index contributed by atoms with van der Waals surface area (Å²) in [5, 5.41) is 10.8. The molecule has 2 aromatic rings. The summed E-state index contributed by atoms with van der Waals surface area (Å²) in [6.45, 7) is 0. The fraction of sp³-hybridized carbons (Fsp3) is 0.100. The van der Waals surface area contributed by atoms with E-state index in [0.29, 0.717) is 5.17 Å². The molecule has 142 valence electrons. The molecule has 1 amide bonds. The normalized spacial score (nSPS) is 16.6. The number of amidine groups is 1. The maximum absolute atomic E-state index is 11.7. The predicted octanol–water partition coefficient (Wildman–Crippen LogP) is 2.97. The highest BCUT2D eigenvalue weighted by molar-refractivity contribution is 8.18. The number of carbonyl (C=O) groups excluding carboxylic acids is 2. The van der Waals surface area contributed by atoms with Crippen molar-refractivity contribution >= 4 is 35.0 Å². The molecule has 0 aliphatic carbocycles. The van der Waals surface area contributed by atoms with Crippen molar-refractivity contribution in [2.24, 2.45) is 10.2 Å². The van der Waals surface area contributed by atoms with Crippen LogP contribution in [-0.4, -0.2) is 37.5 Å². The number of esters is 1. The number of nitrogens with one attached hydrogen (secondary N) is 1. The Hall–Kier alpha value is -3.39. The molecule has 0 bridgehead atoms. The lowest BCUT2D eigenvalue weighted by Crippen LogP contribution is -2.19. The molecule has 0 atom stereocenters. The van der Waals surface area contributed by atoms with Crippen molar-refractivity contribution in [1.29, 1.82) is 0 Å². The van der Waals surface area contributed by atoms with Crippen molar-refractivity contribution in [1.82, 2.24) is 5.32 Å². The summed E-state index contributed by atoms with van der Waals surface area (Å²) in [6.07, 6.45) is 2.70. The number of rotatable bonds is 5. The number of methoxy groups -OCH3 is 2. The summed E-state index contributed by atoms with van der Waals surface area (Å²) in [6, 6.07) is 15.6. The standard InChI is InChI=1S/C20H17N3O4S/c1-26-16-5-3-4-15(10-16)14-8-6-13(7-9-14)12-21-23-20-22-19(25)17(28-20)11-18(24)27-2/h3-12H,1-2H3,(H,22,23,25)/b17-11+,21-12?. The van der Waals surface area contributed by atoms with Gasteiger partial charge in [0.1, 0.15) is 5.75 Å². The van der Waals surface area contributed by atoms with Crippen LogP contribution in [0.5, 0.6) is 5.75 Å². The van der Waals surface area contributed by atoms with Crippen molar-refractivity contribution < 1.29 is 19.1 Å². The zero-order chi connectivity index (χ0) is 19.9. The second-order valence-corrected chi connectivity index (χ2v) is 6.62. The third-order valence-electron chi connectivity index (χ3n) is 3.77. The summed E-state index contributed by atoms with van der Waals surface area (Å²) in [5.41, 5.74) is 2.97. The van der Waals surface area contributed by atoms with Crippen molar-refractivity contribution in [2.75, 3.05) is 14.2 Å². The van der Waals surface area contributed by atoms with Gasteiger partial charge in [0.05, 0.1) is 25.3 Å². The van der Waals surface area contributed by atoms with Crippen LogP contribution in [0.2, 0.25) is 0 Å². The van der Waals surface area contributed by atoms with E-state index in [9.17, 15) is 9.59 Å². The largest absolute Gasteiger partial charge is 0.497 e. The van der Waals surface area contributed by atoms with Gasteiger partial charge in [-0.15, -0.1) is 5.10 Å². The molecular formula is C20H17N3O4S. The highest BCUT2D eigenvalue weighted by atomic mass is 32.2. The molecule has 2 aromatic carbocycles. The van der Waals surface area contributed by atoms with E-state index in [1.54, 1.807) is 13.3 Å². The second kappa shape index (κ2) is 9.01. The van der Waals surface area contributed by atoms with E-state index in [1.807, 2.05) is 48.5 Å². The quantitative estimate of drug-likeness (QED) is 0.364. The van der Waals surface area contributed by atoms with Gasteiger partial charge in [-0.2, -0.15) is 5.10 Å². The number of amides is 1. The first-order chi connectivity index (χ1) is 13.6. The molecule has 8 heteroatoms. The Labute approximate surface area is 166 Å². The SMILES string of the molecule is COC(=O)/C=C1/S/C(=N\N=Cc2ccc(-c3cccc(OC)c3)cc2)NC1=O. The van der Waals surface area contributed by atoms with Crippen LogP contribution >= 0.6 is 11.8 Å². The van der Waals surface area contributed by atoms with Gasteiger partial charge in [0, 0.05) is 6.08 Å². The molecule has 0 aromatic heterocycles.